The van der Waals surface area contributed by atoms with E-state index in [4.69, 9.17) is 5.84 Å². The van der Waals surface area contributed by atoms with Gasteiger partial charge >= 0.3 is 0 Å². The molecule has 0 fully saturated rings. The Hall–Kier alpha value is -0.810. The van der Waals surface area contributed by atoms with Crippen LogP contribution in [0.2, 0.25) is 0 Å². The molecule has 0 atom stereocenters. The monoisotopic (exact) mass is 243 g/mol. The fourth-order valence-corrected chi connectivity index (χ4v) is 1.57. The van der Waals surface area contributed by atoms with Crippen molar-refractivity contribution in [3.63, 3.8) is 0 Å². The standard InChI is InChI=1S/C12H29N5/c1-5-7-9-14-12(15-13)17(6-2)11-8-10-16(3)4/h5-11,13H2,1-4H3,(H,14,15). The normalized spacial score (nSPS) is 12.0. The van der Waals surface area contributed by atoms with Gasteiger partial charge in [0.05, 0.1) is 0 Å². The Morgan fingerprint density at radius 2 is 1.88 bits per heavy atom. The first-order valence-corrected chi connectivity index (χ1v) is 6.56. The van der Waals surface area contributed by atoms with E-state index in [0.29, 0.717) is 0 Å². The Morgan fingerprint density at radius 3 is 2.35 bits per heavy atom. The lowest BCUT2D eigenvalue weighted by Gasteiger charge is -2.24. The van der Waals surface area contributed by atoms with E-state index in [1.54, 1.807) is 0 Å². The predicted molar refractivity (Wildman–Crippen MR) is 75.0 cm³/mol. The van der Waals surface area contributed by atoms with E-state index in [2.05, 4.69) is 48.2 Å². The van der Waals surface area contributed by atoms with Crippen molar-refractivity contribution in [2.75, 3.05) is 40.3 Å². The largest absolute Gasteiger partial charge is 0.342 e. The predicted octanol–water partition coefficient (Wildman–Crippen LogP) is 0.879. The molecule has 0 aliphatic heterocycles. The quantitative estimate of drug-likeness (QED) is 0.218. The summed E-state index contributed by atoms with van der Waals surface area (Å²) in [5.74, 6) is 6.35. The fourth-order valence-electron chi connectivity index (χ4n) is 1.57. The maximum absolute atomic E-state index is 5.53. The summed E-state index contributed by atoms with van der Waals surface area (Å²) in [6.45, 7) is 8.15. The van der Waals surface area contributed by atoms with Crippen LogP contribution >= 0.6 is 0 Å². The molecule has 0 aromatic rings. The highest BCUT2D eigenvalue weighted by Gasteiger charge is 2.07. The molecule has 0 saturated heterocycles. The van der Waals surface area contributed by atoms with Gasteiger partial charge in [-0.25, -0.2) is 5.84 Å². The first kappa shape index (κ1) is 16.2. The van der Waals surface area contributed by atoms with Crippen LogP contribution in [0.1, 0.15) is 33.1 Å². The van der Waals surface area contributed by atoms with Crippen molar-refractivity contribution in [2.45, 2.75) is 33.1 Å². The lowest BCUT2D eigenvalue weighted by Crippen LogP contribution is -2.45. The molecule has 0 aliphatic rings. The van der Waals surface area contributed by atoms with Crippen molar-refractivity contribution in [1.29, 1.82) is 0 Å². The zero-order valence-corrected chi connectivity index (χ0v) is 11.9. The van der Waals surface area contributed by atoms with Crippen molar-refractivity contribution < 1.29 is 0 Å². The Morgan fingerprint density at radius 1 is 1.18 bits per heavy atom. The van der Waals surface area contributed by atoms with Crippen molar-refractivity contribution in [3.05, 3.63) is 0 Å². The van der Waals surface area contributed by atoms with Gasteiger partial charge in [0.1, 0.15) is 0 Å². The number of nitrogens with one attached hydrogen (secondary N) is 1. The van der Waals surface area contributed by atoms with Crippen LogP contribution in [-0.2, 0) is 0 Å². The van der Waals surface area contributed by atoms with Gasteiger partial charge in [-0.2, -0.15) is 0 Å². The summed E-state index contributed by atoms with van der Waals surface area (Å²) in [6.07, 6.45) is 3.39. The Balaban J connectivity index is 4.13. The number of nitrogens with zero attached hydrogens (tertiary/aromatic N) is 3. The molecule has 0 saturated carbocycles. The molecule has 0 aliphatic carbocycles. The second-order valence-corrected chi connectivity index (χ2v) is 4.44. The molecule has 0 aromatic heterocycles. The zero-order valence-electron chi connectivity index (χ0n) is 11.9. The van der Waals surface area contributed by atoms with E-state index < -0.39 is 0 Å². The number of guanidine groups is 1. The summed E-state index contributed by atoms with van der Waals surface area (Å²) < 4.78 is 0. The third-order valence-corrected chi connectivity index (χ3v) is 2.62. The van der Waals surface area contributed by atoms with Crippen LogP contribution in [0, 0.1) is 0 Å². The molecule has 0 aromatic carbocycles. The van der Waals surface area contributed by atoms with Gasteiger partial charge < -0.3 is 9.80 Å². The Kier molecular flexibility index (Phi) is 9.86. The number of nitrogens with two attached hydrogens (primary N) is 1. The first-order chi connectivity index (χ1) is 8.15. The molecular formula is C12H29N5. The van der Waals surface area contributed by atoms with E-state index in [-0.39, 0.29) is 0 Å². The minimum absolute atomic E-state index is 0.819. The van der Waals surface area contributed by atoms with Gasteiger partial charge in [0.15, 0.2) is 0 Å². The topological polar surface area (TPSA) is 56.9 Å². The fraction of sp³-hybridized carbons (Fsp3) is 0.917. The maximum atomic E-state index is 5.53. The van der Waals surface area contributed by atoms with Crippen LogP contribution in [0.25, 0.3) is 0 Å². The molecule has 0 spiro atoms. The molecule has 0 unspecified atom stereocenters. The van der Waals surface area contributed by atoms with Gasteiger partial charge in [0, 0.05) is 19.6 Å². The molecule has 0 rings (SSSR count). The molecule has 0 bridgehead atoms. The van der Waals surface area contributed by atoms with E-state index in [1.165, 1.54) is 0 Å². The van der Waals surface area contributed by atoms with Gasteiger partial charge in [0.2, 0.25) is 5.96 Å². The van der Waals surface area contributed by atoms with Crippen LogP contribution in [0.15, 0.2) is 4.99 Å². The van der Waals surface area contributed by atoms with Crippen molar-refractivity contribution in [2.24, 2.45) is 10.8 Å². The lowest BCUT2D eigenvalue weighted by molar-refractivity contribution is 0.348. The number of hydrogen-bond acceptors (Lipinski definition) is 3. The smallest absolute Gasteiger partial charge is 0.208 e. The van der Waals surface area contributed by atoms with Crippen LogP contribution in [0.5, 0.6) is 0 Å². The van der Waals surface area contributed by atoms with E-state index in [0.717, 1.165) is 51.4 Å². The molecular weight excluding hydrogens is 214 g/mol. The Labute approximate surface area is 106 Å². The van der Waals surface area contributed by atoms with Gasteiger partial charge in [0.25, 0.3) is 0 Å². The van der Waals surface area contributed by atoms with Gasteiger partial charge in [-0.3, -0.25) is 10.4 Å². The molecule has 102 valence electrons. The van der Waals surface area contributed by atoms with Gasteiger partial charge in [-0.15, -0.1) is 0 Å². The van der Waals surface area contributed by atoms with E-state index >= 15 is 0 Å². The first-order valence-electron chi connectivity index (χ1n) is 6.56. The molecule has 5 heteroatoms. The summed E-state index contributed by atoms with van der Waals surface area (Å²) in [4.78, 5) is 8.88. The van der Waals surface area contributed by atoms with Crippen molar-refractivity contribution in [1.82, 2.24) is 15.2 Å². The van der Waals surface area contributed by atoms with Crippen LogP contribution in [-0.4, -0.2) is 56.0 Å². The van der Waals surface area contributed by atoms with Gasteiger partial charge in [-0.05, 0) is 40.4 Å². The number of aliphatic imine (C=N–C) groups is 1. The lowest BCUT2D eigenvalue weighted by atomic mass is 10.3. The molecule has 3 N–H and O–H groups in total. The number of rotatable bonds is 8. The summed E-state index contributed by atoms with van der Waals surface area (Å²) in [5, 5.41) is 0. The van der Waals surface area contributed by atoms with Crippen LogP contribution in [0.4, 0.5) is 0 Å². The molecule has 5 nitrogen and oxygen atoms in total. The van der Waals surface area contributed by atoms with Crippen molar-refractivity contribution in [3.8, 4) is 0 Å². The van der Waals surface area contributed by atoms with Crippen molar-refractivity contribution >= 4 is 5.96 Å². The molecule has 0 radical (unpaired) electrons. The summed E-state index contributed by atoms with van der Waals surface area (Å²) in [6, 6.07) is 0. The van der Waals surface area contributed by atoms with Crippen LogP contribution < -0.4 is 11.3 Å². The summed E-state index contributed by atoms with van der Waals surface area (Å²) in [5.41, 5.74) is 2.71. The second kappa shape index (κ2) is 10.4. The third kappa shape index (κ3) is 7.99. The Bertz CT molecular complexity index is 203. The molecule has 17 heavy (non-hydrogen) atoms. The average Bonchev–Trinajstić information content (AvgIpc) is 2.31. The van der Waals surface area contributed by atoms with Gasteiger partial charge in [-0.1, -0.05) is 13.3 Å². The maximum Gasteiger partial charge on any atom is 0.208 e. The highest BCUT2D eigenvalue weighted by atomic mass is 15.4. The minimum atomic E-state index is 0.819. The highest BCUT2D eigenvalue weighted by molar-refractivity contribution is 5.79. The number of unbranched alkanes of at least 4 members (excludes halogenated alkanes) is 1. The summed E-state index contributed by atoms with van der Waals surface area (Å²) >= 11 is 0. The second-order valence-electron chi connectivity index (χ2n) is 4.44. The SMILES string of the molecule is CCCCN=C(NN)N(CC)CCCN(C)C. The minimum Gasteiger partial charge on any atom is -0.342 e. The summed E-state index contributed by atoms with van der Waals surface area (Å²) in [7, 11) is 4.18. The highest BCUT2D eigenvalue weighted by Crippen LogP contribution is 1.95. The van der Waals surface area contributed by atoms with E-state index in [9.17, 15) is 0 Å². The average molecular weight is 243 g/mol. The zero-order chi connectivity index (χ0) is 13.1. The molecule has 0 heterocycles. The third-order valence-electron chi connectivity index (χ3n) is 2.62. The van der Waals surface area contributed by atoms with E-state index in [1.807, 2.05) is 0 Å². The van der Waals surface area contributed by atoms with Crippen LogP contribution in [0.3, 0.4) is 0 Å². The molecule has 0 amide bonds. The number of hydrogen-bond donors (Lipinski definition) is 2. The number of hydrazine groups is 1.